The third kappa shape index (κ3) is 3.10. The van der Waals surface area contributed by atoms with Crippen molar-refractivity contribution >= 4 is 5.82 Å². The van der Waals surface area contributed by atoms with Crippen LogP contribution in [-0.2, 0) is 4.74 Å². The SMILES string of the molecule is CCCN1CCOC(c2nc(NC)cc(C3CC3)n2)C1. The molecule has 5 heteroatoms. The van der Waals surface area contributed by atoms with E-state index in [1.165, 1.54) is 25.0 Å². The van der Waals surface area contributed by atoms with Crippen LogP contribution in [0.2, 0.25) is 0 Å². The highest BCUT2D eigenvalue weighted by Gasteiger charge is 2.29. The van der Waals surface area contributed by atoms with Crippen LogP contribution < -0.4 is 5.32 Å². The molecule has 2 fully saturated rings. The van der Waals surface area contributed by atoms with E-state index in [2.05, 4.69) is 28.2 Å². The minimum atomic E-state index is 0.0149. The summed E-state index contributed by atoms with van der Waals surface area (Å²) < 4.78 is 5.90. The maximum Gasteiger partial charge on any atom is 0.161 e. The number of hydrogen-bond acceptors (Lipinski definition) is 5. The first-order valence-electron chi connectivity index (χ1n) is 7.70. The van der Waals surface area contributed by atoms with Gasteiger partial charge in [0.15, 0.2) is 5.82 Å². The van der Waals surface area contributed by atoms with Crippen LogP contribution in [0.3, 0.4) is 0 Å². The van der Waals surface area contributed by atoms with Gasteiger partial charge in [-0.2, -0.15) is 0 Å². The Hall–Kier alpha value is -1.20. The van der Waals surface area contributed by atoms with Gasteiger partial charge in [0.05, 0.1) is 6.61 Å². The van der Waals surface area contributed by atoms with E-state index in [4.69, 9.17) is 9.72 Å². The molecule has 0 aromatic carbocycles. The zero-order valence-electron chi connectivity index (χ0n) is 12.4. The predicted octanol–water partition coefficient (Wildman–Crippen LogP) is 2.18. The van der Waals surface area contributed by atoms with Gasteiger partial charge in [-0.3, -0.25) is 4.90 Å². The molecule has 1 N–H and O–H groups in total. The molecule has 1 saturated heterocycles. The Morgan fingerprint density at radius 3 is 2.95 bits per heavy atom. The second-order valence-electron chi connectivity index (χ2n) is 5.72. The van der Waals surface area contributed by atoms with E-state index < -0.39 is 0 Å². The largest absolute Gasteiger partial charge is 0.373 e. The summed E-state index contributed by atoms with van der Waals surface area (Å²) in [7, 11) is 1.91. The highest BCUT2D eigenvalue weighted by Crippen LogP contribution is 2.40. The van der Waals surface area contributed by atoms with Gasteiger partial charge in [0.1, 0.15) is 11.9 Å². The van der Waals surface area contributed by atoms with Gasteiger partial charge < -0.3 is 10.1 Å². The molecule has 5 nitrogen and oxygen atoms in total. The quantitative estimate of drug-likeness (QED) is 0.893. The Labute approximate surface area is 120 Å². The van der Waals surface area contributed by atoms with Gasteiger partial charge in [0, 0.05) is 37.8 Å². The fourth-order valence-corrected chi connectivity index (χ4v) is 2.72. The summed E-state index contributed by atoms with van der Waals surface area (Å²) in [4.78, 5) is 11.8. The van der Waals surface area contributed by atoms with Gasteiger partial charge >= 0.3 is 0 Å². The molecule has 2 aliphatic rings. The number of ether oxygens (including phenoxy) is 1. The monoisotopic (exact) mass is 276 g/mol. The maximum atomic E-state index is 5.90. The summed E-state index contributed by atoms with van der Waals surface area (Å²) in [5, 5.41) is 3.15. The van der Waals surface area contributed by atoms with E-state index in [0.717, 1.165) is 37.9 Å². The third-order valence-corrected chi connectivity index (χ3v) is 3.99. The fraction of sp³-hybridized carbons (Fsp3) is 0.733. The van der Waals surface area contributed by atoms with E-state index in [0.29, 0.717) is 5.92 Å². The van der Waals surface area contributed by atoms with Gasteiger partial charge in [0.25, 0.3) is 0 Å². The van der Waals surface area contributed by atoms with Gasteiger partial charge in [-0.05, 0) is 25.8 Å². The molecular formula is C15H24N4O. The van der Waals surface area contributed by atoms with Gasteiger partial charge in [-0.1, -0.05) is 6.92 Å². The van der Waals surface area contributed by atoms with E-state index >= 15 is 0 Å². The topological polar surface area (TPSA) is 50.3 Å². The molecule has 20 heavy (non-hydrogen) atoms. The van der Waals surface area contributed by atoms with Crippen LogP contribution in [0.5, 0.6) is 0 Å². The number of nitrogens with zero attached hydrogens (tertiary/aromatic N) is 3. The van der Waals surface area contributed by atoms with Crippen LogP contribution in [-0.4, -0.2) is 48.2 Å². The molecule has 0 bridgehead atoms. The third-order valence-electron chi connectivity index (χ3n) is 3.99. The molecule has 1 saturated carbocycles. The minimum Gasteiger partial charge on any atom is -0.373 e. The van der Waals surface area contributed by atoms with Crippen molar-refractivity contribution in [3.8, 4) is 0 Å². The highest BCUT2D eigenvalue weighted by atomic mass is 16.5. The summed E-state index contributed by atoms with van der Waals surface area (Å²) in [5.41, 5.74) is 1.18. The Balaban J connectivity index is 1.79. The Morgan fingerprint density at radius 1 is 1.40 bits per heavy atom. The molecular weight excluding hydrogens is 252 g/mol. The molecule has 1 aliphatic carbocycles. The van der Waals surface area contributed by atoms with Crippen LogP contribution in [0.4, 0.5) is 5.82 Å². The van der Waals surface area contributed by atoms with Crippen molar-refractivity contribution in [3.05, 3.63) is 17.6 Å². The summed E-state index contributed by atoms with van der Waals surface area (Å²) in [6.07, 6.45) is 3.71. The number of anilines is 1. The first-order chi connectivity index (χ1) is 9.80. The molecule has 0 amide bonds. The molecule has 1 aromatic heterocycles. The first kappa shape index (κ1) is 13.8. The molecule has 110 valence electrons. The molecule has 1 aliphatic heterocycles. The Bertz CT molecular complexity index is 459. The van der Waals surface area contributed by atoms with E-state index in [1.54, 1.807) is 0 Å². The zero-order chi connectivity index (χ0) is 13.9. The maximum absolute atomic E-state index is 5.90. The number of morpholine rings is 1. The molecule has 3 rings (SSSR count). The summed E-state index contributed by atoms with van der Waals surface area (Å²) in [6, 6.07) is 2.08. The fourth-order valence-electron chi connectivity index (χ4n) is 2.72. The Kier molecular flexibility index (Phi) is 4.17. The van der Waals surface area contributed by atoms with Crippen molar-refractivity contribution in [1.82, 2.24) is 14.9 Å². The van der Waals surface area contributed by atoms with E-state index in [9.17, 15) is 0 Å². The number of nitrogens with one attached hydrogen (secondary N) is 1. The summed E-state index contributed by atoms with van der Waals surface area (Å²) in [5.74, 6) is 2.40. The lowest BCUT2D eigenvalue weighted by molar-refractivity contribution is -0.0342. The van der Waals surface area contributed by atoms with Gasteiger partial charge in [-0.15, -0.1) is 0 Å². The van der Waals surface area contributed by atoms with Gasteiger partial charge in [0.2, 0.25) is 0 Å². The lowest BCUT2D eigenvalue weighted by Crippen LogP contribution is -2.39. The molecule has 1 unspecified atom stereocenters. The number of rotatable bonds is 5. The van der Waals surface area contributed by atoms with E-state index in [-0.39, 0.29) is 6.10 Å². The molecule has 1 aromatic rings. The lowest BCUT2D eigenvalue weighted by Gasteiger charge is -2.32. The van der Waals surface area contributed by atoms with Gasteiger partial charge in [-0.25, -0.2) is 9.97 Å². The Morgan fingerprint density at radius 2 is 2.25 bits per heavy atom. The zero-order valence-corrected chi connectivity index (χ0v) is 12.4. The van der Waals surface area contributed by atoms with Crippen molar-refractivity contribution in [1.29, 1.82) is 0 Å². The van der Waals surface area contributed by atoms with Crippen LogP contribution in [0.1, 0.15) is 49.7 Å². The molecule has 0 spiro atoms. The normalized spacial score (nSPS) is 23.8. The van der Waals surface area contributed by atoms with Crippen molar-refractivity contribution < 1.29 is 4.74 Å². The second kappa shape index (κ2) is 6.06. The van der Waals surface area contributed by atoms with Crippen molar-refractivity contribution in [3.63, 3.8) is 0 Å². The van der Waals surface area contributed by atoms with Crippen LogP contribution in [0.15, 0.2) is 6.07 Å². The summed E-state index contributed by atoms with van der Waals surface area (Å²) >= 11 is 0. The van der Waals surface area contributed by atoms with Crippen LogP contribution in [0, 0.1) is 0 Å². The summed E-state index contributed by atoms with van der Waals surface area (Å²) in [6.45, 7) is 6.04. The van der Waals surface area contributed by atoms with E-state index in [1.807, 2.05) is 7.05 Å². The smallest absolute Gasteiger partial charge is 0.161 e. The molecule has 2 heterocycles. The van der Waals surface area contributed by atoms with Crippen LogP contribution >= 0.6 is 0 Å². The minimum absolute atomic E-state index is 0.0149. The number of hydrogen-bond donors (Lipinski definition) is 1. The standard InChI is InChI=1S/C15H24N4O/c1-3-6-19-7-8-20-13(10-19)15-17-12(11-4-5-11)9-14(16-2)18-15/h9,11,13H,3-8,10H2,1-2H3,(H,16,17,18). The van der Waals surface area contributed by atoms with Crippen LogP contribution in [0.25, 0.3) is 0 Å². The number of aromatic nitrogens is 2. The molecule has 1 atom stereocenters. The highest BCUT2D eigenvalue weighted by molar-refractivity contribution is 5.37. The first-order valence-corrected chi connectivity index (χ1v) is 7.70. The second-order valence-corrected chi connectivity index (χ2v) is 5.72. The van der Waals surface area contributed by atoms with Crippen molar-refractivity contribution in [2.45, 2.75) is 38.2 Å². The van der Waals surface area contributed by atoms with Crippen molar-refractivity contribution in [2.24, 2.45) is 0 Å². The lowest BCUT2D eigenvalue weighted by atomic mass is 10.2. The average molecular weight is 276 g/mol. The average Bonchev–Trinajstić information content (AvgIpc) is 3.32. The predicted molar refractivity (Wildman–Crippen MR) is 79.0 cm³/mol. The van der Waals surface area contributed by atoms with Crippen molar-refractivity contribution in [2.75, 3.05) is 38.6 Å². The molecule has 0 radical (unpaired) electrons.